The number of hydrogen-bond donors (Lipinski definition) is 3. The second kappa shape index (κ2) is 10.3. The molecule has 3 aliphatic rings. The third-order valence-electron chi connectivity index (χ3n) is 7.34. The Morgan fingerprint density at radius 3 is 2.53 bits per heavy atom. The van der Waals surface area contributed by atoms with E-state index in [1.165, 1.54) is 17.9 Å². The highest BCUT2D eigenvalue weighted by Crippen LogP contribution is 2.41. The van der Waals surface area contributed by atoms with Crippen LogP contribution < -0.4 is 10.6 Å². The highest BCUT2D eigenvalue weighted by Gasteiger charge is 2.42. The smallest absolute Gasteiger partial charge is 0.379 e. The van der Waals surface area contributed by atoms with Crippen LogP contribution in [0.3, 0.4) is 0 Å². The van der Waals surface area contributed by atoms with E-state index in [1.54, 1.807) is 12.1 Å². The number of aromatic amines is 1. The number of amides is 3. The number of morpholine rings is 1. The Morgan fingerprint density at radius 2 is 1.87 bits per heavy atom. The van der Waals surface area contributed by atoms with Gasteiger partial charge >= 0.3 is 6.18 Å². The van der Waals surface area contributed by atoms with Gasteiger partial charge in [0.15, 0.2) is 0 Å². The molecule has 0 spiro atoms. The van der Waals surface area contributed by atoms with Crippen molar-refractivity contribution in [3.63, 3.8) is 0 Å². The first-order valence-electron chi connectivity index (χ1n) is 12.5. The van der Waals surface area contributed by atoms with E-state index in [4.69, 9.17) is 4.74 Å². The standard InChI is InChI=1S/C26H28F3N5O4/c1-15-22(25(37)34-6-4-17(5-7-34)33-8-10-38-11-9-33)23(26(27,28)29)21(31-15)13-19-18-12-16(30-14-35)2-3-20(18)32-24(19)36/h2-3,12-14,17,31H,4-11H2,1H3,(H,30,35)(H,32,36)/b19-13-. The van der Waals surface area contributed by atoms with Crippen LogP contribution in [0, 0.1) is 6.92 Å². The maximum absolute atomic E-state index is 14.4. The van der Waals surface area contributed by atoms with Gasteiger partial charge in [0.25, 0.3) is 11.8 Å². The summed E-state index contributed by atoms with van der Waals surface area (Å²) in [6.07, 6.45) is -1.90. The monoisotopic (exact) mass is 531 g/mol. The topological polar surface area (TPSA) is 107 Å². The van der Waals surface area contributed by atoms with Gasteiger partial charge < -0.3 is 25.3 Å². The maximum atomic E-state index is 14.4. The highest BCUT2D eigenvalue weighted by atomic mass is 19.4. The summed E-state index contributed by atoms with van der Waals surface area (Å²) < 4.78 is 48.6. The summed E-state index contributed by atoms with van der Waals surface area (Å²) in [7, 11) is 0. The van der Waals surface area contributed by atoms with Crippen molar-refractivity contribution in [1.29, 1.82) is 0 Å². The lowest BCUT2D eigenvalue weighted by atomic mass is 9.99. The van der Waals surface area contributed by atoms with Crippen LogP contribution >= 0.6 is 0 Å². The summed E-state index contributed by atoms with van der Waals surface area (Å²) in [5.41, 5.74) is -0.666. The predicted molar refractivity (Wildman–Crippen MR) is 134 cm³/mol. The Kier molecular flexibility index (Phi) is 7.01. The molecule has 3 N–H and O–H groups in total. The number of carbonyl (C=O) groups excluding carboxylic acids is 3. The van der Waals surface area contributed by atoms with Gasteiger partial charge in [-0.15, -0.1) is 0 Å². The van der Waals surface area contributed by atoms with Crippen molar-refractivity contribution in [3.8, 4) is 0 Å². The lowest BCUT2D eigenvalue weighted by Crippen LogP contribution is -2.50. The van der Waals surface area contributed by atoms with E-state index in [2.05, 4.69) is 20.5 Å². The summed E-state index contributed by atoms with van der Waals surface area (Å²) in [5.74, 6) is -1.26. The lowest BCUT2D eigenvalue weighted by Gasteiger charge is -2.40. The van der Waals surface area contributed by atoms with Crippen molar-refractivity contribution in [2.75, 3.05) is 50.0 Å². The molecule has 1 aromatic carbocycles. The quantitative estimate of drug-likeness (QED) is 0.406. The molecule has 2 fully saturated rings. The average molecular weight is 532 g/mol. The van der Waals surface area contributed by atoms with Crippen molar-refractivity contribution >= 4 is 41.2 Å². The van der Waals surface area contributed by atoms with Gasteiger partial charge in [-0.2, -0.15) is 13.2 Å². The molecule has 202 valence electrons. The molecule has 0 bridgehead atoms. The lowest BCUT2D eigenvalue weighted by molar-refractivity contribution is -0.138. The molecule has 0 unspecified atom stereocenters. The van der Waals surface area contributed by atoms with Gasteiger partial charge in [0.2, 0.25) is 6.41 Å². The van der Waals surface area contributed by atoms with E-state index in [0.29, 0.717) is 62.5 Å². The van der Waals surface area contributed by atoms with Crippen LogP contribution in [0.25, 0.3) is 11.6 Å². The number of nitrogens with zero attached hydrogens (tertiary/aromatic N) is 2. The molecule has 3 amide bonds. The number of benzene rings is 1. The minimum atomic E-state index is -4.84. The van der Waals surface area contributed by atoms with Gasteiger partial charge in [-0.3, -0.25) is 19.3 Å². The van der Waals surface area contributed by atoms with E-state index in [1.807, 2.05) is 0 Å². The minimum absolute atomic E-state index is 0.00776. The number of alkyl halides is 3. The summed E-state index contributed by atoms with van der Waals surface area (Å²) in [5, 5.41) is 5.08. The largest absolute Gasteiger partial charge is 0.419 e. The Bertz CT molecular complexity index is 1290. The number of aromatic nitrogens is 1. The average Bonchev–Trinajstić information content (AvgIpc) is 3.40. The third-order valence-corrected chi connectivity index (χ3v) is 7.34. The molecule has 9 nitrogen and oxygen atoms in total. The number of halogens is 3. The molecule has 1 aromatic heterocycles. The van der Waals surface area contributed by atoms with Crippen molar-refractivity contribution in [2.24, 2.45) is 0 Å². The molecule has 0 atom stereocenters. The Labute approximate surface area is 217 Å². The molecule has 5 rings (SSSR count). The van der Waals surface area contributed by atoms with Crippen molar-refractivity contribution in [1.82, 2.24) is 14.8 Å². The molecule has 0 radical (unpaired) electrons. The number of likely N-dealkylation sites (tertiary alicyclic amines) is 1. The summed E-state index contributed by atoms with van der Waals surface area (Å²) >= 11 is 0. The van der Waals surface area contributed by atoms with Crippen molar-refractivity contribution < 1.29 is 32.3 Å². The summed E-state index contributed by atoms with van der Waals surface area (Å²) in [6.45, 7) is 5.10. The Balaban J connectivity index is 1.45. The SMILES string of the molecule is Cc1[nH]c(/C=C2\C(=O)Nc3ccc(NC=O)cc32)c(C(F)(F)F)c1C(=O)N1CCC(N2CCOCC2)CC1. The summed E-state index contributed by atoms with van der Waals surface area (Å²) in [6, 6.07) is 4.90. The van der Waals surface area contributed by atoms with Crippen molar-refractivity contribution in [2.45, 2.75) is 32.0 Å². The van der Waals surface area contributed by atoms with Gasteiger partial charge in [0.05, 0.1) is 35.6 Å². The van der Waals surface area contributed by atoms with Crippen molar-refractivity contribution in [3.05, 3.63) is 46.3 Å². The van der Waals surface area contributed by atoms with E-state index in [-0.39, 0.29) is 23.0 Å². The van der Waals surface area contributed by atoms with E-state index in [9.17, 15) is 27.6 Å². The fourth-order valence-corrected chi connectivity index (χ4v) is 5.49. The zero-order valence-corrected chi connectivity index (χ0v) is 20.8. The number of fused-ring (bicyclic) bond motifs is 1. The number of aryl methyl sites for hydroxylation is 1. The molecule has 2 saturated heterocycles. The fraction of sp³-hybridized carbons (Fsp3) is 0.423. The first-order valence-corrected chi connectivity index (χ1v) is 12.5. The van der Waals surface area contributed by atoms with E-state index in [0.717, 1.165) is 19.2 Å². The van der Waals surface area contributed by atoms with Gasteiger partial charge in [-0.1, -0.05) is 0 Å². The number of nitrogens with one attached hydrogen (secondary N) is 3. The fourth-order valence-electron chi connectivity index (χ4n) is 5.49. The number of rotatable bonds is 5. The number of hydrogen-bond acceptors (Lipinski definition) is 5. The zero-order chi connectivity index (χ0) is 27.0. The Hall–Kier alpha value is -3.64. The van der Waals surface area contributed by atoms with Gasteiger partial charge in [0.1, 0.15) is 0 Å². The summed E-state index contributed by atoms with van der Waals surface area (Å²) in [4.78, 5) is 43.4. The van der Waals surface area contributed by atoms with Crippen LogP contribution in [-0.4, -0.2) is 78.4 Å². The number of anilines is 2. The van der Waals surface area contributed by atoms with Crippen LogP contribution in [0.4, 0.5) is 24.5 Å². The molecular weight excluding hydrogens is 503 g/mol. The molecule has 3 aliphatic heterocycles. The predicted octanol–water partition coefficient (Wildman–Crippen LogP) is 3.34. The van der Waals surface area contributed by atoms with Crippen LogP contribution in [0.5, 0.6) is 0 Å². The van der Waals surface area contributed by atoms with Gasteiger partial charge in [-0.25, -0.2) is 0 Å². The van der Waals surface area contributed by atoms with Crippen LogP contribution in [-0.2, 0) is 20.5 Å². The second-order valence-electron chi connectivity index (χ2n) is 9.62. The normalized spacial score (nSPS) is 19.9. The molecule has 0 saturated carbocycles. The molecule has 12 heteroatoms. The third kappa shape index (κ3) is 4.93. The molecule has 0 aliphatic carbocycles. The van der Waals surface area contributed by atoms with Crippen LogP contribution in [0.15, 0.2) is 18.2 Å². The highest BCUT2D eigenvalue weighted by molar-refractivity contribution is 6.35. The van der Waals surface area contributed by atoms with Gasteiger partial charge in [-0.05, 0) is 44.0 Å². The number of carbonyl (C=O) groups is 3. The van der Waals surface area contributed by atoms with E-state index < -0.39 is 29.1 Å². The number of ether oxygens (including phenoxy) is 1. The van der Waals surface area contributed by atoms with E-state index >= 15 is 0 Å². The first kappa shape index (κ1) is 26.0. The van der Waals surface area contributed by atoms with Crippen LogP contribution in [0.2, 0.25) is 0 Å². The minimum Gasteiger partial charge on any atom is -0.379 e. The Morgan fingerprint density at radius 1 is 1.16 bits per heavy atom. The molecule has 2 aromatic rings. The molecule has 4 heterocycles. The zero-order valence-electron chi connectivity index (χ0n) is 20.8. The van der Waals surface area contributed by atoms with Gasteiger partial charge in [0, 0.05) is 54.9 Å². The van der Waals surface area contributed by atoms with Crippen LogP contribution in [0.1, 0.15) is 45.7 Å². The number of H-pyrrole nitrogens is 1. The molecular formula is C26H28F3N5O4. The molecule has 38 heavy (non-hydrogen) atoms. The maximum Gasteiger partial charge on any atom is 0.419 e. The number of piperidine rings is 1. The first-order chi connectivity index (χ1) is 18.2. The second-order valence-corrected chi connectivity index (χ2v) is 9.62.